The highest BCUT2D eigenvalue weighted by atomic mass is 32.1. The van der Waals surface area contributed by atoms with E-state index in [1.807, 2.05) is 37.3 Å². The van der Waals surface area contributed by atoms with Crippen LogP contribution in [-0.4, -0.2) is 30.0 Å². The number of anilines is 1. The van der Waals surface area contributed by atoms with Crippen molar-refractivity contribution >= 4 is 23.9 Å². The predicted molar refractivity (Wildman–Crippen MR) is 119 cm³/mol. The summed E-state index contributed by atoms with van der Waals surface area (Å²) in [5, 5.41) is 18.7. The lowest BCUT2D eigenvalue weighted by atomic mass is 10.0. The van der Waals surface area contributed by atoms with Crippen molar-refractivity contribution in [3.63, 3.8) is 0 Å². The van der Waals surface area contributed by atoms with E-state index < -0.39 is 0 Å². The molecular weight excluding hydrogens is 396 g/mol. The number of benzene rings is 1. The van der Waals surface area contributed by atoms with Gasteiger partial charge in [0.25, 0.3) is 0 Å². The maximum atomic E-state index is 10.4. The second kappa shape index (κ2) is 11.1. The van der Waals surface area contributed by atoms with Gasteiger partial charge in [-0.15, -0.1) is 0 Å². The van der Waals surface area contributed by atoms with E-state index in [2.05, 4.69) is 22.0 Å². The van der Waals surface area contributed by atoms with Crippen LogP contribution in [0.4, 0.5) is 5.82 Å². The van der Waals surface area contributed by atoms with E-state index in [9.17, 15) is 15.3 Å². The second-order valence-corrected chi connectivity index (χ2v) is 7.47. The van der Waals surface area contributed by atoms with Crippen molar-refractivity contribution < 1.29 is 4.79 Å². The van der Waals surface area contributed by atoms with Crippen LogP contribution in [0.1, 0.15) is 42.0 Å². The van der Waals surface area contributed by atoms with Gasteiger partial charge >= 0.3 is 0 Å². The number of amides is 1. The molecular formula is C22H26N6OS. The van der Waals surface area contributed by atoms with Crippen LogP contribution >= 0.6 is 12.2 Å². The molecule has 1 aliphatic heterocycles. The van der Waals surface area contributed by atoms with Crippen LogP contribution in [0.5, 0.6) is 0 Å². The van der Waals surface area contributed by atoms with Gasteiger partial charge in [-0.05, 0) is 30.4 Å². The molecule has 0 bridgehead atoms. The summed E-state index contributed by atoms with van der Waals surface area (Å²) in [5.74, 6) is 0.450. The third kappa shape index (κ3) is 5.90. The van der Waals surface area contributed by atoms with Gasteiger partial charge in [0.15, 0.2) is 0 Å². The molecule has 1 aliphatic rings. The molecule has 2 heterocycles. The van der Waals surface area contributed by atoms with Crippen LogP contribution in [-0.2, 0) is 17.6 Å². The van der Waals surface area contributed by atoms with E-state index in [0.29, 0.717) is 28.6 Å². The lowest BCUT2D eigenvalue weighted by Crippen LogP contribution is -2.40. The zero-order valence-electron chi connectivity index (χ0n) is 17.0. The first-order valence-corrected chi connectivity index (χ1v) is 10.2. The molecule has 0 radical (unpaired) electrons. The van der Waals surface area contributed by atoms with Gasteiger partial charge in [-0.2, -0.15) is 10.5 Å². The molecule has 156 valence electrons. The standard InChI is InChI=1S/C14H17N5S.C8H9NO/c1-2-10-11(7-15)13(18-14(20)12(10)8-16)19-5-3-9(17)4-6-19;9-8(10)6-7-4-2-1-3-5-7/h9H,2-6,17H2,1H3,(H,18,20);1-5H,6H2,(H2,9,10). The predicted octanol–water partition coefficient (Wildman–Crippen LogP) is 2.69. The number of rotatable bonds is 4. The van der Waals surface area contributed by atoms with Crippen LogP contribution in [0.2, 0.25) is 0 Å². The Hall–Kier alpha value is -3.20. The number of nitrogens with one attached hydrogen (secondary N) is 1. The van der Waals surface area contributed by atoms with Gasteiger partial charge in [-0.3, -0.25) is 4.79 Å². The number of aromatic nitrogens is 1. The molecule has 8 heteroatoms. The molecule has 0 aliphatic carbocycles. The second-order valence-electron chi connectivity index (χ2n) is 7.06. The SMILES string of the molecule is CCc1c(C#N)c(N2CCC(N)CC2)[nH]c(=S)c1C#N.NC(=O)Cc1ccccc1. The number of piperidine rings is 1. The molecule has 30 heavy (non-hydrogen) atoms. The number of pyridine rings is 1. The molecule has 2 aromatic rings. The highest BCUT2D eigenvalue weighted by molar-refractivity contribution is 7.71. The number of nitriles is 2. The minimum Gasteiger partial charge on any atom is -0.369 e. The Kier molecular flexibility index (Phi) is 8.54. The van der Waals surface area contributed by atoms with Crippen molar-refractivity contribution in [2.45, 2.75) is 38.6 Å². The van der Waals surface area contributed by atoms with Crippen LogP contribution in [0.3, 0.4) is 0 Å². The molecule has 1 aromatic carbocycles. The van der Waals surface area contributed by atoms with Gasteiger partial charge in [-0.1, -0.05) is 49.5 Å². The Labute approximate surface area is 181 Å². The molecule has 0 unspecified atom stereocenters. The first-order valence-electron chi connectivity index (χ1n) is 9.83. The maximum Gasteiger partial charge on any atom is 0.221 e. The zero-order valence-corrected chi connectivity index (χ0v) is 17.8. The fraction of sp³-hybridized carbons (Fsp3) is 0.364. The summed E-state index contributed by atoms with van der Waals surface area (Å²) in [4.78, 5) is 15.6. The normalized spacial score (nSPS) is 13.5. The fourth-order valence-electron chi connectivity index (χ4n) is 3.39. The lowest BCUT2D eigenvalue weighted by Gasteiger charge is -2.32. The lowest BCUT2D eigenvalue weighted by molar-refractivity contribution is -0.117. The van der Waals surface area contributed by atoms with Gasteiger partial charge in [0, 0.05) is 19.1 Å². The first-order chi connectivity index (χ1) is 14.4. The third-order valence-corrected chi connectivity index (χ3v) is 5.26. The number of carbonyl (C=O) groups is 1. The van der Waals surface area contributed by atoms with Gasteiger partial charge in [-0.25, -0.2) is 0 Å². The highest BCUT2D eigenvalue weighted by Crippen LogP contribution is 2.27. The van der Waals surface area contributed by atoms with Gasteiger partial charge in [0.1, 0.15) is 22.6 Å². The van der Waals surface area contributed by atoms with E-state index in [1.54, 1.807) is 0 Å². The Morgan fingerprint density at radius 1 is 1.20 bits per heavy atom. The van der Waals surface area contributed by atoms with E-state index in [0.717, 1.165) is 42.9 Å². The molecule has 7 nitrogen and oxygen atoms in total. The summed E-state index contributed by atoms with van der Waals surface area (Å²) in [7, 11) is 0. The quantitative estimate of drug-likeness (QED) is 0.648. The fourth-order valence-corrected chi connectivity index (χ4v) is 3.65. The molecule has 0 saturated carbocycles. The summed E-state index contributed by atoms with van der Waals surface area (Å²) in [6.07, 6.45) is 2.74. The molecule has 1 amide bonds. The smallest absolute Gasteiger partial charge is 0.221 e. The van der Waals surface area contributed by atoms with Crippen molar-refractivity contribution in [3.05, 3.63) is 57.2 Å². The topological polar surface area (TPSA) is 136 Å². The van der Waals surface area contributed by atoms with Crippen molar-refractivity contribution in [3.8, 4) is 12.1 Å². The zero-order chi connectivity index (χ0) is 22.1. The summed E-state index contributed by atoms with van der Waals surface area (Å²) < 4.78 is 0.410. The first kappa shape index (κ1) is 23.1. The molecule has 1 saturated heterocycles. The third-order valence-electron chi connectivity index (χ3n) is 4.95. The minimum absolute atomic E-state index is 0.226. The van der Waals surface area contributed by atoms with Crippen LogP contribution in [0.15, 0.2) is 30.3 Å². The van der Waals surface area contributed by atoms with Gasteiger partial charge in [0.2, 0.25) is 5.91 Å². The molecule has 0 atom stereocenters. The monoisotopic (exact) mass is 422 g/mol. The Morgan fingerprint density at radius 3 is 2.30 bits per heavy atom. The number of aromatic amines is 1. The van der Waals surface area contributed by atoms with Crippen molar-refractivity contribution in [1.29, 1.82) is 10.5 Å². The molecule has 3 rings (SSSR count). The number of hydrogen-bond acceptors (Lipinski definition) is 6. The van der Waals surface area contributed by atoms with E-state index in [1.165, 1.54) is 0 Å². The number of hydrogen-bond donors (Lipinski definition) is 3. The van der Waals surface area contributed by atoms with Crippen LogP contribution in [0.25, 0.3) is 0 Å². The van der Waals surface area contributed by atoms with Crippen molar-refractivity contribution in [1.82, 2.24) is 4.98 Å². The van der Waals surface area contributed by atoms with Crippen molar-refractivity contribution in [2.75, 3.05) is 18.0 Å². The Bertz CT molecular complexity index is 1010. The van der Waals surface area contributed by atoms with Gasteiger partial charge < -0.3 is 21.4 Å². The largest absolute Gasteiger partial charge is 0.369 e. The minimum atomic E-state index is -0.286. The number of carbonyl (C=O) groups excluding carboxylic acids is 1. The Morgan fingerprint density at radius 2 is 1.80 bits per heavy atom. The summed E-state index contributed by atoms with van der Waals surface area (Å²) in [6.45, 7) is 3.54. The molecule has 1 fully saturated rings. The number of H-pyrrole nitrogens is 1. The van der Waals surface area contributed by atoms with E-state index >= 15 is 0 Å². The van der Waals surface area contributed by atoms with E-state index in [-0.39, 0.29) is 11.9 Å². The number of primary amides is 1. The van der Waals surface area contributed by atoms with Gasteiger partial charge in [0.05, 0.1) is 17.5 Å². The summed E-state index contributed by atoms with van der Waals surface area (Å²) in [6, 6.07) is 14.0. The Balaban J connectivity index is 0.000000269. The average Bonchev–Trinajstić information content (AvgIpc) is 2.74. The molecule has 1 aromatic heterocycles. The number of nitrogens with two attached hydrogens (primary N) is 2. The van der Waals surface area contributed by atoms with E-state index in [4.69, 9.17) is 23.7 Å². The number of nitrogens with zero attached hydrogens (tertiary/aromatic N) is 3. The molecule has 5 N–H and O–H groups in total. The highest BCUT2D eigenvalue weighted by Gasteiger charge is 2.22. The van der Waals surface area contributed by atoms with Crippen LogP contribution in [0, 0.1) is 27.3 Å². The van der Waals surface area contributed by atoms with Crippen LogP contribution < -0.4 is 16.4 Å². The summed E-state index contributed by atoms with van der Waals surface area (Å²) >= 11 is 5.25. The molecule has 0 spiro atoms. The summed E-state index contributed by atoms with van der Waals surface area (Å²) in [5.41, 5.74) is 13.6. The van der Waals surface area contributed by atoms with Crippen molar-refractivity contribution in [2.24, 2.45) is 11.5 Å². The maximum absolute atomic E-state index is 10.4. The average molecular weight is 423 g/mol.